The van der Waals surface area contributed by atoms with Gasteiger partial charge in [0.2, 0.25) is 0 Å². The fourth-order valence-electron chi connectivity index (χ4n) is 6.82. The normalized spacial score (nSPS) is 16.2. The van der Waals surface area contributed by atoms with Gasteiger partial charge in [0.05, 0.1) is 0 Å². The minimum atomic E-state index is -0.239. The Morgan fingerprint density at radius 3 is 1.98 bits per heavy atom. The summed E-state index contributed by atoms with van der Waals surface area (Å²) in [5, 5.41) is 5.80. The van der Waals surface area contributed by atoms with Gasteiger partial charge in [0.15, 0.2) is 0 Å². The van der Waals surface area contributed by atoms with Gasteiger partial charge in [-0.2, -0.15) is 0 Å². The van der Waals surface area contributed by atoms with Gasteiger partial charge in [0, 0.05) is 21.8 Å². The van der Waals surface area contributed by atoms with Crippen LogP contribution in [0, 0.1) is 13.8 Å². The highest BCUT2D eigenvalue weighted by atomic mass is 35.5. The number of fused-ring (bicyclic) bond motifs is 2. The fourth-order valence-corrected chi connectivity index (χ4v) is 7.14. The first-order chi connectivity index (χ1) is 20.8. The standard InChI is InChI=1S/C41H47ClN2/c1-26-13-19-33-31(24-26)17-21-35(43)37(33)40(4,5)23-9-12-29-10-8-11-30(39(29)42)16-15-28(3)41(6,7)38-34-20-14-27(2)25-32(34)18-22-36(38)44/h9,12-22,24-25H,8,10-11,23,43-44H2,1-7H3/b12-9+,28-15-,30-16+. The summed E-state index contributed by atoms with van der Waals surface area (Å²) in [6, 6.07) is 21.6. The van der Waals surface area contributed by atoms with Crippen LogP contribution in [0.2, 0.25) is 0 Å². The highest BCUT2D eigenvalue weighted by Gasteiger charge is 2.28. The molecule has 2 nitrogen and oxygen atoms in total. The summed E-state index contributed by atoms with van der Waals surface area (Å²) in [7, 11) is 0. The Morgan fingerprint density at radius 2 is 1.36 bits per heavy atom. The van der Waals surface area contributed by atoms with E-state index in [-0.39, 0.29) is 10.8 Å². The van der Waals surface area contributed by atoms with Crippen LogP contribution < -0.4 is 11.5 Å². The third-order valence-electron chi connectivity index (χ3n) is 9.64. The van der Waals surface area contributed by atoms with E-state index < -0.39 is 0 Å². The second kappa shape index (κ2) is 12.3. The Hall–Kier alpha value is -3.75. The molecule has 0 saturated carbocycles. The first kappa shape index (κ1) is 31.7. The summed E-state index contributed by atoms with van der Waals surface area (Å²) in [5.41, 5.74) is 23.0. The molecule has 0 spiro atoms. The van der Waals surface area contributed by atoms with Crippen LogP contribution in [0.1, 0.15) is 82.6 Å². The van der Waals surface area contributed by atoms with Crippen molar-refractivity contribution in [3.63, 3.8) is 0 Å². The minimum Gasteiger partial charge on any atom is -0.398 e. The lowest BCUT2D eigenvalue weighted by Crippen LogP contribution is -2.21. The molecule has 5 rings (SSSR count). The number of hydrogen-bond acceptors (Lipinski definition) is 2. The van der Waals surface area contributed by atoms with Crippen molar-refractivity contribution in [1.29, 1.82) is 0 Å². The maximum absolute atomic E-state index is 7.06. The van der Waals surface area contributed by atoms with Gasteiger partial charge in [-0.3, -0.25) is 0 Å². The summed E-state index contributed by atoms with van der Waals surface area (Å²) in [4.78, 5) is 0. The van der Waals surface area contributed by atoms with Gasteiger partial charge in [0.25, 0.3) is 0 Å². The molecule has 0 fully saturated rings. The number of aryl methyl sites for hydroxylation is 2. The van der Waals surface area contributed by atoms with Crippen LogP contribution in [0.3, 0.4) is 0 Å². The topological polar surface area (TPSA) is 52.0 Å². The quantitative estimate of drug-likeness (QED) is 0.207. The van der Waals surface area contributed by atoms with Crippen molar-refractivity contribution in [3.05, 3.63) is 129 Å². The maximum Gasteiger partial charge on any atom is 0.0469 e. The lowest BCUT2D eigenvalue weighted by atomic mass is 9.75. The predicted octanol–water partition coefficient (Wildman–Crippen LogP) is 11.5. The Morgan fingerprint density at radius 1 is 0.795 bits per heavy atom. The summed E-state index contributed by atoms with van der Waals surface area (Å²) < 4.78 is 0. The van der Waals surface area contributed by atoms with Crippen LogP contribution in [0.4, 0.5) is 11.4 Å². The summed E-state index contributed by atoms with van der Waals surface area (Å²) >= 11 is 7.06. The maximum atomic E-state index is 7.06. The molecule has 1 aliphatic carbocycles. The molecule has 228 valence electrons. The van der Waals surface area contributed by atoms with Gasteiger partial charge in [-0.05, 0) is 108 Å². The van der Waals surface area contributed by atoms with E-state index in [0.717, 1.165) is 42.1 Å². The van der Waals surface area contributed by atoms with Crippen molar-refractivity contribution in [2.24, 2.45) is 0 Å². The fraction of sp³-hybridized carbons (Fsp3) is 0.317. The van der Waals surface area contributed by atoms with E-state index in [9.17, 15) is 0 Å². The Bertz CT molecular complexity index is 1860. The number of hydrogen-bond donors (Lipinski definition) is 2. The van der Waals surface area contributed by atoms with Gasteiger partial charge in [-0.1, -0.05) is 129 Å². The van der Waals surface area contributed by atoms with E-state index in [4.69, 9.17) is 23.1 Å². The lowest BCUT2D eigenvalue weighted by Gasteiger charge is -2.30. The van der Waals surface area contributed by atoms with E-state index in [1.165, 1.54) is 60.5 Å². The van der Waals surface area contributed by atoms with Crippen LogP contribution in [-0.2, 0) is 10.8 Å². The van der Waals surface area contributed by atoms with Crippen LogP contribution in [0.5, 0.6) is 0 Å². The van der Waals surface area contributed by atoms with E-state index in [1.54, 1.807) is 0 Å². The van der Waals surface area contributed by atoms with E-state index in [2.05, 4.69) is 121 Å². The number of nitrogen functional groups attached to an aromatic ring is 2. The molecule has 3 heteroatoms. The third kappa shape index (κ3) is 6.24. The summed E-state index contributed by atoms with van der Waals surface area (Å²) in [5.74, 6) is 0. The highest BCUT2D eigenvalue weighted by molar-refractivity contribution is 6.32. The molecule has 0 unspecified atom stereocenters. The third-order valence-corrected chi connectivity index (χ3v) is 10.1. The Balaban J connectivity index is 1.40. The average Bonchev–Trinajstić information content (AvgIpc) is 2.97. The molecule has 44 heavy (non-hydrogen) atoms. The zero-order chi connectivity index (χ0) is 31.8. The molecule has 4 N–H and O–H groups in total. The number of halogens is 1. The van der Waals surface area contributed by atoms with Crippen molar-refractivity contribution in [2.45, 2.75) is 85.0 Å². The van der Waals surface area contributed by atoms with Crippen molar-refractivity contribution >= 4 is 44.5 Å². The Kier molecular flexibility index (Phi) is 8.87. The number of benzene rings is 4. The lowest BCUT2D eigenvalue weighted by molar-refractivity contribution is 0.540. The summed E-state index contributed by atoms with van der Waals surface area (Å²) in [6.45, 7) is 15.6. The predicted molar refractivity (Wildman–Crippen MR) is 195 cm³/mol. The van der Waals surface area contributed by atoms with Gasteiger partial charge in [-0.25, -0.2) is 0 Å². The zero-order valence-electron chi connectivity index (χ0n) is 27.4. The zero-order valence-corrected chi connectivity index (χ0v) is 28.2. The van der Waals surface area contributed by atoms with Crippen LogP contribution in [0.15, 0.2) is 107 Å². The summed E-state index contributed by atoms with van der Waals surface area (Å²) in [6.07, 6.45) is 12.9. The van der Waals surface area contributed by atoms with Gasteiger partial charge >= 0.3 is 0 Å². The largest absolute Gasteiger partial charge is 0.398 e. The molecule has 4 aromatic carbocycles. The van der Waals surface area contributed by atoms with E-state index in [0.29, 0.717) is 0 Å². The number of nitrogens with two attached hydrogens (primary N) is 2. The molecule has 1 aliphatic rings. The second-order valence-electron chi connectivity index (χ2n) is 13.9. The van der Waals surface area contributed by atoms with Gasteiger partial charge in [-0.15, -0.1) is 0 Å². The number of allylic oxidation sites excluding steroid dienone is 8. The molecule has 0 amide bonds. The van der Waals surface area contributed by atoms with Crippen molar-refractivity contribution < 1.29 is 0 Å². The van der Waals surface area contributed by atoms with Crippen LogP contribution in [0.25, 0.3) is 21.5 Å². The molecule has 0 atom stereocenters. The molecule has 0 radical (unpaired) electrons. The first-order valence-electron chi connectivity index (χ1n) is 15.8. The minimum absolute atomic E-state index is 0.122. The smallest absolute Gasteiger partial charge is 0.0469 e. The highest BCUT2D eigenvalue weighted by Crippen LogP contribution is 2.41. The van der Waals surface area contributed by atoms with Crippen LogP contribution in [-0.4, -0.2) is 0 Å². The van der Waals surface area contributed by atoms with E-state index >= 15 is 0 Å². The molecule has 0 bridgehead atoms. The SMILES string of the molecule is C/C(=C/C=C1\CCCC(/C=C/CC(C)(C)c2c(N)ccc3cc(C)ccc23)=C1Cl)C(C)(C)c1c(N)ccc2cc(C)ccc12. The van der Waals surface area contributed by atoms with Gasteiger partial charge < -0.3 is 11.5 Å². The molecule has 0 heterocycles. The number of anilines is 2. The first-order valence-corrected chi connectivity index (χ1v) is 16.2. The van der Waals surface area contributed by atoms with Crippen molar-refractivity contribution in [2.75, 3.05) is 11.5 Å². The molecule has 0 aliphatic heterocycles. The van der Waals surface area contributed by atoms with Gasteiger partial charge in [0.1, 0.15) is 0 Å². The molecular weight excluding hydrogens is 556 g/mol. The number of rotatable bonds is 7. The molecule has 0 saturated heterocycles. The Labute approximate surface area is 269 Å². The molecule has 0 aromatic heterocycles. The second-order valence-corrected chi connectivity index (χ2v) is 14.2. The molecular formula is C41H47ClN2. The monoisotopic (exact) mass is 602 g/mol. The van der Waals surface area contributed by atoms with Crippen molar-refractivity contribution in [1.82, 2.24) is 0 Å². The average molecular weight is 603 g/mol. The van der Waals surface area contributed by atoms with Crippen molar-refractivity contribution in [3.8, 4) is 0 Å². The van der Waals surface area contributed by atoms with E-state index in [1.807, 2.05) is 12.1 Å². The van der Waals surface area contributed by atoms with Crippen LogP contribution >= 0.6 is 11.6 Å². The molecule has 4 aromatic rings.